The summed E-state index contributed by atoms with van der Waals surface area (Å²) in [6.45, 7) is 6.67. The van der Waals surface area contributed by atoms with E-state index < -0.39 is 18.4 Å². The van der Waals surface area contributed by atoms with Crippen LogP contribution >= 0.6 is 0 Å². The summed E-state index contributed by atoms with van der Waals surface area (Å²) in [5, 5.41) is 0. The molecule has 1 rings (SSSR count). The second-order valence-corrected chi connectivity index (χ2v) is 19.5. The van der Waals surface area contributed by atoms with Gasteiger partial charge in [0.25, 0.3) is 0 Å². The summed E-state index contributed by atoms with van der Waals surface area (Å²) in [6.07, 6.45) is 0. The van der Waals surface area contributed by atoms with Gasteiger partial charge in [-0.3, -0.25) is 0 Å². The first-order valence-electron chi connectivity index (χ1n) is 4.90. The van der Waals surface area contributed by atoms with Crippen molar-refractivity contribution < 1.29 is 0 Å². The molecule has 0 atom stereocenters. The molecule has 0 amide bonds. The van der Waals surface area contributed by atoms with E-state index in [-0.39, 0.29) is 0 Å². The predicted octanol–water partition coefficient (Wildman–Crippen LogP) is 3.16. The van der Waals surface area contributed by atoms with Gasteiger partial charge in [0.2, 0.25) is 0 Å². The van der Waals surface area contributed by atoms with Crippen LogP contribution in [0.1, 0.15) is 16.7 Å². The van der Waals surface area contributed by atoms with Crippen LogP contribution in [0, 0.1) is 20.8 Å². The Morgan fingerprint density at radius 3 is 1.54 bits per heavy atom. The number of aryl methyl sites for hydroxylation is 2. The Kier molecular flexibility index (Phi) is 3.11. The van der Waals surface area contributed by atoms with E-state index in [4.69, 9.17) is 0 Å². The Labute approximate surface area is 86.2 Å². The molecule has 1 aromatic rings. The summed E-state index contributed by atoms with van der Waals surface area (Å²) in [5.74, 6) is 0. The van der Waals surface area contributed by atoms with E-state index in [0.29, 0.717) is 0 Å². The average Bonchev–Trinajstić information content (AvgIpc) is 1.97. The fraction of sp³-hybridized carbons (Fsp3) is 0.500. The fourth-order valence-corrected chi connectivity index (χ4v) is 5.18. The molecule has 0 aliphatic carbocycles. The minimum atomic E-state index is -1.83. The number of hydrogen-bond acceptors (Lipinski definition) is 0. The standard InChI is InChI=1S/C9H11.3CH3.Sn/c1-7-5-4-6-8(2)9(7)3;;;;/h5-6H,1-3H3;3*1H3;. The molecule has 0 radical (unpaired) electrons. The van der Waals surface area contributed by atoms with Crippen LogP contribution in [0.2, 0.25) is 14.8 Å². The van der Waals surface area contributed by atoms with Crippen LogP contribution in [-0.2, 0) is 0 Å². The Balaban J connectivity index is 3.29. The SMILES string of the molecule is Cc1c[c]([Sn]([CH3])([CH3])[CH3])cc(C)c1C. The van der Waals surface area contributed by atoms with Crippen LogP contribution in [-0.4, -0.2) is 18.4 Å². The van der Waals surface area contributed by atoms with Gasteiger partial charge in [-0.05, 0) is 0 Å². The van der Waals surface area contributed by atoms with E-state index in [0.717, 1.165) is 0 Å². The molecule has 0 nitrogen and oxygen atoms in total. The second kappa shape index (κ2) is 3.64. The van der Waals surface area contributed by atoms with Crippen molar-refractivity contribution >= 4 is 22.0 Å². The van der Waals surface area contributed by atoms with Gasteiger partial charge in [-0.1, -0.05) is 0 Å². The monoisotopic (exact) mass is 284 g/mol. The maximum absolute atomic E-state index is 2.47. The molecular weight excluding hydrogens is 263 g/mol. The minimum absolute atomic E-state index is 1.46. The zero-order valence-electron chi connectivity index (χ0n) is 9.65. The van der Waals surface area contributed by atoms with Gasteiger partial charge in [0, 0.05) is 0 Å². The van der Waals surface area contributed by atoms with Gasteiger partial charge in [0.05, 0.1) is 0 Å². The molecule has 13 heavy (non-hydrogen) atoms. The summed E-state index contributed by atoms with van der Waals surface area (Å²) in [7, 11) is 0. The molecule has 0 fully saturated rings. The molecule has 0 aliphatic rings. The normalized spacial score (nSPS) is 11.8. The Bertz CT molecular complexity index is 295. The van der Waals surface area contributed by atoms with E-state index in [9.17, 15) is 0 Å². The van der Waals surface area contributed by atoms with E-state index in [1.54, 1.807) is 3.58 Å². The summed E-state index contributed by atoms with van der Waals surface area (Å²) in [4.78, 5) is 7.41. The molecule has 0 aliphatic heterocycles. The van der Waals surface area contributed by atoms with Crippen molar-refractivity contribution in [1.82, 2.24) is 0 Å². The van der Waals surface area contributed by atoms with Crippen molar-refractivity contribution in [2.24, 2.45) is 0 Å². The Morgan fingerprint density at radius 1 is 0.846 bits per heavy atom. The molecule has 0 N–H and O–H groups in total. The molecule has 0 bridgehead atoms. The molecule has 0 saturated carbocycles. The molecule has 0 heterocycles. The first-order chi connectivity index (χ1) is 5.82. The zero-order chi connectivity index (χ0) is 10.2. The predicted molar refractivity (Wildman–Crippen MR) is 63.6 cm³/mol. The summed E-state index contributed by atoms with van der Waals surface area (Å²) in [5.41, 5.74) is 4.38. The topological polar surface area (TPSA) is 0 Å². The van der Waals surface area contributed by atoms with Crippen molar-refractivity contribution in [3.63, 3.8) is 0 Å². The third kappa shape index (κ3) is 2.49. The summed E-state index contributed by atoms with van der Waals surface area (Å²) < 4.78 is 1.65. The second-order valence-electron chi connectivity index (χ2n) is 4.99. The van der Waals surface area contributed by atoms with Gasteiger partial charge in [0.1, 0.15) is 0 Å². The molecule has 0 saturated heterocycles. The summed E-state index contributed by atoms with van der Waals surface area (Å²) in [6, 6.07) is 4.80. The molecular formula is C12H20Sn. The molecule has 0 aromatic heterocycles. The van der Waals surface area contributed by atoms with E-state index in [1.165, 1.54) is 16.7 Å². The van der Waals surface area contributed by atoms with Gasteiger partial charge in [-0.25, -0.2) is 0 Å². The quantitative estimate of drug-likeness (QED) is 0.694. The van der Waals surface area contributed by atoms with Crippen LogP contribution in [0.15, 0.2) is 12.1 Å². The number of benzene rings is 1. The zero-order valence-corrected chi connectivity index (χ0v) is 12.5. The summed E-state index contributed by atoms with van der Waals surface area (Å²) >= 11 is -1.83. The first kappa shape index (κ1) is 11.1. The van der Waals surface area contributed by atoms with Crippen molar-refractivity contribution in [3.8, 4) is 0 Å². The van der Waals surface area contributed by atoms with Gasteiger partial charge < -0.3 is 0 Å². The Hall–Kier alpha value is 0.0187. The van der Waals surface area contributed by atoms with Crippen molar-refractivity contribution in [1.29, 1.82) is 0 Å². The van der Waals surface area contributed by atoms with E-state index in [1.807, 2.05) is 0 Å². The van der Waals surface area contributed by atoms with Crippen LogP contribution in [0.5, 0.6) is 0 Å². The number of hydrogen-bond donors (Lipinski definition) is 0. The first-order valence-corrected chi connectivity index (χ1v) is 14.9. The third-order valence-electron chi connectivity index (χ3n) is 2.79. The maximum atomic E-state index is 2.47. The van der Waals surface area contributed by atoms with Gasteiger partial charge in [-0.2, -0.15) is 0 Å². The molecule has 1 heteroatoms. The van der Waals surface area contributed by atoms with E-state index >= 15 is 0 Å². The van der Waals surface area contributed by atoms with Crippen LogP contribution in [0.4, 0.5) is 0 Å². The van der Waals surface area contributed by atoms with Crippen LogP contribution < -0.4 is 3.58 Å². The Morgan fingerprint density at radius 2 is 1.23 bits per heavy atom. The van der Waals surface area contributed by atoms with Crippen LogP contribution in [0.3, 0.4) is 0 Å². The van der Waals surface area contributed by atoms with Crippen LogP contribution in [0.25, 0.3) is 0 Å². The third-order valence-corrected chi connectivity index (χ3v) is 8.56. The molecule has 1 aromatic carbocycles. The fourth-order valence-electron chi connectivity index (χ4n) is 1.47. The van der Waals surface area contributed by atoms with Crippen molar-refractivity contribution in [2.75, 3.05) is 0 Å². The average molecular weight is 283 g/mol. The van der Waals surface area contributed by atoms with E-state index in [2.05, 4.69) is 47.7 Å². The van der Waals surface area contributed by atoms with Crippen molar-refractivity contribution in [2.45, 2.75) is 35.6 Å². The van der Waals surface area contributed by atoms with Crippen molar-refractivity contribution in [3.05, 3.63) is 28.8 Å². The van der Waals surface area contributed by atoms with Gasteiger partial charge >= 0.3 is 86.4 Å². The molecule has 0 spiro atoms. The van der Waals surface area contributed by atoms with Gasteiger partial charge in [0.15, 0.2) is 0 Å². The number of rotatable bonds is 1. The molecule has 0 unspecified atom stereocenters. The molecule has 72 valence electrons. The van der Waals surface area contributed by atoms with Gasteiger partial charge in [-0.15, -0.1) is 0 Å².